The van der Waals surface area contributed by atoms with Crippen molar-refractivity contribution in [2.45, 2.75) is 38.6 Å². The summed E-state index contributed by atoms with van der Waals surface area (Å²) in [5.74, 6) is -0.202. The number of nitrogens with one attached hydrogen (secondary N) is 2. The molecule has 0 fully saturated rings. The van der Waals surface area contributed by atoms with Gasteiger partial charge in [0.25, 0.3) is 5.91 Å². The summed E-state index contributed by atoms with van der Waals surface area (Å²) >= 11 is 1.70. The molecule has 3 rings (SSSR count). The summed E-state index contributed by atoms with van der Waals surface area (Å²) in [5.41, 5.74) is 1.43. The van der Waals surface area contributed by atoms with Gasteiger partial charge in [-0.05, 0) is 38.7 Å². The molecular weight excluding hydrogens is 286 g/mol. The number of hydrogen-bond acceptors (Lipinski definition) is 4. The molecule has 0 unspecified atom stereocenters. The number of carbonyl (C=O) groups excluding carboxylic acids is 1. The van der Waals surface area contributed by atoms with Gasteiger partial charge in [0, 0.05) is 17.1 Å². The number of aromatic nitrogens is 2. The van der Waals surface area contributed by atoms with Crippen LogP contribution in [0.2, 0.25) is 0 Å². The molecule has 0 aromatic carbocycles. The highest BCUT2D eigenvalue weighted by molar-refractivity contribution is 7.11. The molecule has 110 valence electrons. The second kappa shape index (κ2) is 5.81. The number of aryl methyl sites for hydroxylation is 2. The summed E-state index contributed by atoms with van der Waals surface area (Å²) < 4.78 is 0. The first-order valence-corrected chi connectivity index (χ1v) is 7.93. The second-order valence-corrected chi connectivity index (χ2v) is 6.38. The zero-order valence-corrected chi connectivity index (χ0v) is 12.6. The highest BCUT2D eigenvalue weighted by Crippen LogP contribution is 2.29. The van der Waals surface area contributed by atoms with Crippen molar-refractivity contribution in [2.24, 2.45) is 0 Å². The van der Waals surface area contributed by atoms with Crippen molar-refractivity contribution in [1.29, 1.82) is 0 Å². The fourth-order valence-electron chi connectivity index (χ4n) is 2.45. The van der Waals surface area contributed by atoms with Gasteiger partial charge in [-0.25, -0.2) is 4.98 Å². The summed E-state index contributed by atoms with van der Waals surface area (Å²) in [6.45, 7) is 1.94. The Labute approximate surface area is 126 Å². The lowest BCUT2D eigenvalue weighted by Crippen LogP contribution is -2.27. The fraction of sp³-hybridized carbons (Fsp3) is 0.400. The highest BCUT2D eigenvalue weighted by Gasteiger charge is 2.19. The standard InChI is InChI=1S/C15H17N3O2S/c1-9(15-18-11-4-2-3-5-12(11)21-15)17-14(20)10-6-7-13(19)16-8-10/h6-9H,2-5H2,1H3,(H,16,19)(H,17,20)/t9-/m1/s1. The van der Waals surface area contributed by atoms with Crippen molar-refractivity contribution >= 4 is 17.2 Å². The van der Waals surface area contributed by atoms with Gasteiger partial charge in [0.15, 0.2) is 0 Å². The van der Waals surface area contributed by atoms with E-state index in [1.165, 1.54) is 41.7 Å². The summed E-state index contributed by atoms with van der Waals surface area (Å²) in [6.07, 6.45) is 6.01. The Kier molecular flexibility index (Phi) is 3.88. The van der Waals surface area contributed by atoms with Gasteiger partial charge in [0.2, 0.25) is 5.56 Å². The normalized spacial score (nSPS) is 15.3. The lowest BCUT2D eigenvalue weighted by Gasteiger charge is -2.10. The summed E-state index contributed by atoms with van der Waals surface area (Å²) in [6, 6.07) is 2.75. The third-order valence-electron chi connectivity index (χ3n) is 3.63. The summed E-state index contributed by atoms with van der Waals surface area (Å²) in [5, 5.41) is 3.89. The van der Waals surface area contributed by atoms with Gasteiger partial charge < -0.3 is 10.3 Å². The maximum absolute atomic E-state index is 12.1. The second-order valence-electron chi connectivity index (χ2n) is 5.27. The zero-order chi connectivity index (χ0) is 14.8. The molecule has 0 bridgehead atoms. The molecule has 0 saturated heterocycles. The number of aromatic amines is 1. The van der Waals surface area contributed by atoms with Gasteiger partial charge in [0.05, 0.1) is 17.3 Å². The van der Waals surface area contributed by atoms with E-state index in [4.69, 9.17) is 0 Å². The first-order chi connectivity index (χ1) is 10.1. The van der Waals surface area contributed by atoms with Crippen LogP contribution in [0, 0.1) is 0 Å². The Morgan fingerprint density at radius 2 is 2.19 bits per heavy atom. The molecule has 21 heavy (non-hydrogen) atoms. The molecular formula is C15H17N3O2S. The number of nitrogens with zero attached hydrogens (tertiary/aromatic N) is 1. The highest BCUT2D eigenvalue weighted by atomic mass is 32.1. The monoisotopic (exact) mass is 303 g/mol. The average Bonchev–Trinajstić information content (AvgIpc) is 2.92. The van der Waals surface area contributed by atoms with E-state index in [2.05, 4.69) is 15.3 Å². The van der Waals surface area contributed by atoms with Crippen LogP contribution in [0.1, 0.15) is 51.7 Å². The van der Waals surface area contributed by atoms with Crippen LogP contribution in [0.25, 0.3) is 0 Å². The molecule has 1 amide bonds. The molecule has 2 N–H and O–H groups in total. The van der Waals surface area contributed by atoms with Crippen molar-refractivity contribution < 1.29 is 4.79 Å². The minimum absolute atomic E-state index is 0.125. The molecule has 0 radical (unpaired) electrons. The summed E-state index contributed by atoms with van der Waals surface area (Å²) in [7, 11) is 0. The van der Waals surface area contributed by atoms with E-state index in [1.807, 2.05) is 6.92 Å². The average molecular weight is 303 g/mol. The van der Waals surface area contributed by atoms with Crippen LogP contribution in [-0.4, -0.2) is 15.9 Å². The van der Waals surface area contributed by atoms with Crippen LogP contribution >= 0.6 is 11.3 Å². The van der Waals surface area contributed by atoms with Crippen LogP contribution in [-0.2, 0) is 12.8 Å². The molecule has 2 aromatic rings. The smallest absolute Gasteiger partial charge is 0.253 e. The number of hydrogen-bond donors (Lipinski definition) is 2. The van der Waals surface area contributed by atoms with E-state index in [0.29, 0.717) is 5.56 Å². The van der Waals surface area contributed by atoms with Gasteiger partial charge in [-0.15, -0.1) is 11.3 Å². The van der Waals surface area contributed by atoms with Gasteiger partial charge in [-0.2, -0.15) is 0 Å². The lowest BCUT2D eigenvalue weighted by molar-refractivity contribution is 0.0939. The number of rotatable bonds is 3. The van der Waals surface area contributed by atoms with Crippen LogP contribution in [0.5, 0.6) is 0 Å². The predicted molar refractivity (Wildman–Crippen MR) is 81.7 cm³/mol. The van der Waals surface area contributed by atoms with Gasteiger partial charge in [-0.3, -0.25) is 9.59 Å². The minimum atomic E-state index is -0.216. The number of carbonyl (C=O) groups is 1. The SMILES string of the molecule is C[C@@H](NC(=O)c1ccc(=O)[nH]c1)c1nc2c(s1)CCCC2. The van der Waals surface area contributed by atoms with Crippen LogP contribution in [0.3, 0.4) is 0 Å². The van der Waals surface area contributed by atoms with Crippen molar-refractivity contribution in [3.05, 3.63) is 49.8 Å². The molecule has 6 heteroatoms. The van der Waals surface area contributed by atoms with Gasteiger partial charge >= 0.3 is 0 Å². The minimum Gasteiger partial charge on any atom is -0.343 e. The molecule has 2 heterocycles. The Hall–Kier alpha value is -1.95. The van der Waals surface area contributed by atoms with Crippen molar-refractivity contribution in [2.75, 3.05) is 0 Å². The largest absolute Gasteiger partial charge is 0.343 e. The zero-order valence-electron chi connectivity index (χ0n) is 11.8. The number of thiazole rings is 1. The van der Waals surface area contributed by atoms with Crippen molar-refractivity contribution in [3.8, 4) is 0 Å². The topological polar surface area (TPSA) is 74.8 Å². The van der Waals surface area contributed by atoms with E-state index in [9.17, 15) is 9.59 Å². The molecule has 5 nitrogen and oxygen atoms in total. The molecule has 2 aromatic heterocycles. The Balaban J connectivity index is 1.72. The molecule has 1 aliphatic rings. The Bertz CT molecular complexity index is 676. The quantitative estimate of drug-likeness (QED) is 0.913. The third kappa shape index (κ3) is 3.05. The van der Waals surface area contributed by atoms with E-state index >= 15 is 0 Å². The van der Waals surface area contributed by atoms with Crippen LogP contribution in [0.15, 0.2) is 23.1 Å². The number of pyridine rings is 1. The lowest BCUT2D eigenvalue weighted by atomic mass is 10.0. The first-order valence-electron chi connectivity index (χ1n) is 7.11. The van der Waals surface area contributed by atoms with Crippen LogP contribution in [0.4, 0.5) is 0 Å². The Morgan fingerprint density at radius 3 is 2.90 bits per heavy atom. The van der Waals surface area contributed by atoms with Gasteiger partial charge in [-0.1, -0.05) is 0 Å². The molecule has 1 aliphatic carbocycles. The number of amides is 1. The summed E-state index contributed by atoms with van der Waals surface area (Å²) in [4.78, 5) is 31.7. The van der Waals surface area contributed by atoms with Crippen molar-refractivity contribution in [1.82, 2.24) is 15.3 Å². The van der Waals surface area contributed by atoms with Crippen molar-refractivity contribution in [3.63, 3.8) is 0 Å². The van der Waals surface area contributed by atoms with E-state index in [1.54, 1.807) is 11.3 Å². The molecule has 0 spiro atoms. The van der Waals surface area contributed by atoms with E-state index in [0.717, 1.165) is 17.8 Å². The van der Waals surface area contributed by atoms with Gasteiger partial charge in [0.1, 0.15) is 5.01 Å². The maximum atomic E-state index is 12.1. The molecule has 0 aliphatic heterocycles. The fourth-order valence-corrected chi connectivity index (χ4v) is 3.61. The Morgan fingerprint density at radius 1 is 1.38 bits per heavy atom. The van der Waals surface area contributed by atoms with Crippen LogP contribution < -0.4 is 10.9 Å². The predicted octanol–water partition coefficient (Wildman–Crippen LogP) is 2.20. The third-order valence-corrected chi connectivity index (χ3v) is 4.97. The molecule has 0 saturated carbocycles. The number of H-pyrrole nitrogens is 1. The van der Waals surface area contributed by atoms with E-state index < -0.39 is 0 Å². The van der Waals surface area contributed by atoms with E-state index in [-0.39, 0.29) is 17.5 Å². The molecule has 1 atom stereocenters. The maximum Gasteiger partial charge on any atom is 0.253 e. The number of fused-ring (bicyclic) bond motifs is 1. The first kappa shape index (κ1) is 14.0.